The monoisotopic (exact) mass is 445 g/mol. The molecule has 15 nitrogen and oxygen atoms in total. The van der Waals surface area contributed by atoms with Crippen molar-refractivity contribution in [1.29, 1.82) is 0 Å². The maximum absolute atomic E-state index is 11.4. The molecule has 0 aliphatic carbocycles. The SMILES string of the molecule is NC(CO)(C(=O)O)C1(O)O[C@H](CO)[C@@H](OC2O[C@H](CO)C(O)C(O)C2O)[C@H](O)[C@@H]1O. The van der Waals surface area contributed by atoms with E-state index in [0.717, 1.165) is 0 Å². The Labute approximate surface area is 169 Å². The summed E-state index contributed by atoms with van der Waals surface area (Å²) in [6.45, 7) is -3.25. The van der Waals surface area contributed by atoms with Crippen LogP contribution in [0.15, 0.2) is 0 Å². The highest BCUT2D eigenvalue weighted by Crippen LogP contribution is 2.37. The van der Waals surface area contributed by atoms with E-state index < -0.39 is 92.2 Å². The molecule has 2 aliphatic heterocycles. The van der Waals surface area contributed by atoms with Gasteiger partial charge in [0, 0.05) is 0 Å². The van der Waals surface area contributed by atoms with E-state index >= 15 is 0 Å². The topological polar surface area (TPSA) is 273 Å². The van der Waals surface area contributed by atoms with Gasteiger partial charge in [0.05, 0.1) is 19.8 Å². The number of carbonyl (C=O) groups is 1. The highest BCUT2D eigenvalue weighted by Gasteiger charge is 2.66. The highest BCUT2D eigenvalue weighted by atomic mass is 16.7. The average molecular weight is 445 g/mol. The first-order valence-corrected chi connectivity index (χ1v) is 8.85. The van der Waals surface area contributed by atoms with E-state index in [9.17, 15) is 55.9 Å². The molecule has 0 radical (unpaired) electrons. The van der Waals surface area contributed by atoms with Gasteiger partial charge in [-0.05, 0) is 0 Å². The standard InChI is InChI=1S/C15H27NO14/c16-14(3-19,13(25)26)15(27)11(24)9(23)10(5(2-18)30-15)29-12-8(22)7(21)6(20)4(1-17)28-12/h4-12,17-24,27H,1-3,16H2,(H,25,26)/t4-,5-,6?,7?,8?,9+,10-,11+,12?,14?,15?/m1/s1. The molecule has 176 valence electrons. The van der Waals surface area contributed by atoms with Gasteiger partial charge in [0.15, 0.2) is 11.8 Å². The summed E-state index contributed by atoms with van der Waals surface area (Å²) in [6.07, 6.45) is -16.9. The van der Waals surface area contributed by atoms with Crippen LogP contribution in [-0.4, -0.2) is 143 Å². The zero-order chi connectivity index (χ0) is 23.0. The van der Waals surface area contributed by atoms with E-state index in [0.29, 0.717) is 0 Å². The number of carboxylic acid groups (broad SMARTS) is 1. The summed E-state index contributed by atoms with van der Waals surface area (Å²) in [6, 6.07) is 0. The van der Waals surface area contributed by atoms with Gasteiger partial charge in [-0.2, -0.15) is 0 Å². The van der Waals surface area contributed by atoms with Gasteiger partial charge < -0.3 is 71.0 Å². The third-order valence-corrected chi connectivity index (χ3v) is 5.35. The number of aliphatic hydroxyl groups excluding tert-OH is 8. The predicted molar refractivity (Wildman–Crippen MR) is 89.2 cm³/mol. The molecule has 15 heteroatoms. The molecule has 6 unspecified atom stereocenters. The predicted octanol–water partition coefficient (Wildman–Crippen LogP) is -7.25. The minimum absolute atomic E-state index is 0.787. The fourth-order valence-electron chi connectivity index (χ4n) is 3.35. The summed E-state index contributed by atoms with van der Waals surface area (Å²) in [5.74, 6) is -5.28. The van der Waals surface area contributed by atoms with Crippen LogP contribution in [0.5, 0.6) is 0 Å². The van der Waals surface area contributed by atoms with Crippen LogP contribution < -0.4 is 5.73 Å². The van der Waals surface area contributed by atoms with E-state index in [1.165, 1.54) is 0 Å². The van der Waals surface area contributed by atoms with Crippen molar-refractivity contribution in [3.05, 3.63) is 0 Å². The van der Waals surface area contributed by atoms with Gasteiger partial charge in [0.2, 0.25) is 5.79 Å². The smallest absolute Gasteiger partial charge is 0.331 e. The van der Waals surface area contributed by atoms with Crippen molar-refractivity contribution in [2.45, 2.75) is 66.4 Å². The van der Waals surface area contributed by atoms with Gasteiger partial charge in [-0.3, -0.25) is 0 Å². The van der Waals surface area contributed by atoms with E-state index in [4.69, 9.17) is 19.9 Å². The first-order valence-electron chi connectivity index (χ1n) is 8.85. The molecular weight excluding hydrogens is 418 g/mol. The number of carboxylic acids is 1. The second-order valence-electron chi connectivity index (χ2n) is 7.20. The van der Waals surface area contributed by atoms with Crippen molar-refractivity contribution >= 4 is 5.97 Å². The second-order valence-corrected chi connectivity index (χ2v) is 7.20. The maximum Gasteiger partial charge on any atom is 0.331 e. The molecule has 0 spiro atoms. The molecule has 0 aromatic carbocycles. The Morgan fingerprint density at radius 1 is 0.967 bits per heavy atom. The first-order chi connectivity index (χ1) is 13.9. The molecule has 30 heavy (non-hydrogen) atoms. The van der Waals surface area contributed by atoms with Crippen molar-refractivity contribution in [3.63, 3.8) is 0 Å². The summed E-state index contributed by atoms with van der Waals surface area (Å²) in [5.41, 5.74) is 2.45. The summed E-state index contributed by atoms with van der Waals surface area (Å²) < 4.78 is 15.4. The molecule has 2 fully saturated rings. The van der Waals surface area contributed by atoms with Crippen molar-refractivity contribution in [2.75, 3.05) is 19.8 Å². The third-order valence-electron chi connectivity index (χ3n) is 5.35. The zero-order valence-electron chi connectivity index (χ0n) is 15.5. The number of hydrogen-bond donors (Lipinski definition) is 11. The Morgan fingerprint density at radius 3 is 2.00 bits per heavy atom. The number of rotatable bonds is 7. The Hall–Kier alpha value is -1.05. The van der Waals surface area contributed by atoms with Gasteiger partial charge in [0.25, 0.3) is 0 Å². The van der Waals surface area contributed by atoms with E-state index in [2.05, 4.69) is 0 Å². The molecule has 2 saturated heterocycles. The van der Waals surface area contributed by atoms with Gasteiger partial charge in [-0.1, -0.05) is 0 Å². The van der Waals surface area contributed by atoms with Gasteiger partial charge >= 0.3 is 5.97 Å². The van der Waals surface area contributed by atoms with Crippen LogP contribution in [0.4, 0.5) is 0 Å². The molecule has 2 rings (SSSR count). The van der Waals surface area contributed by atoms with Gasteiger partial charge in [-0.15, -0.1) is 0 Å². The molecule has 0 amide bonds. The number of aliphatic hydroxyl groups is 9. The highest BCUT2D eigenvalue weighted by molar-refractivity contribution is 5.80. The van der Waals surface area contributed by atoms with E-state index in [-0.39, 0.29) is 0 Å². The van der Waals surface area contributed by atoms with Crippen molar-refractivity contribution < 1.29 is 70.1 Å². The van der Waals surface area contributed by atoms with Crippen LogP contribution in [0.25, 0.3) is 0 Å². The van der Waals surface area contributed by atoms with E-state index in [1.807, 2.05) is 0 Å². The van der Waals surface area contributed by atoms with Crippen LogP contribution in [0.2, 0.25) is 0 Å². The second kappa shape index (κ2) is 9.21. The maximum atomic E-state index is 11.4. The van der Waals surface area contributed by atoms with Crippen LogP contribution in [-0.2, 0) is 19.0 Å². The molecule has 0 bridgehead atoms. The number of nitrogens with two attached hydrogens (primary N) is 1. The summed E-state index contributed by atoms with van der Waals surface area (Å²) in [4.78, 5) is 11.4. The van der Waals surface area contributed by atoms with Crippen LogP contribution in [0, 0.1) is 0 Å². The fraction of sp³-hybridized carbons (Fsp3) is 0.933. The van der Waals surface area contributed by atoms with Crippen molar-refractivity contribution in [2.24, 2.45) is 5.73 Å². The number of aliphatic carboxylic acids is 1. The van der Waals surface area contributed by atoms with Gasteiger partial charge in [0.1, 0.15) is 48.8 Å². The lowest BCUT2D eigenvalue weighted by Gasteiger charge is -2.52. The van der Waals surface area contributed by atoms with E-state index in [1.54, 1.807) is 0 Å². The molecule has 2 heterocycles. The lowest BCUT2D eigenvalue weighted by atomic mass is 9.80. The molecule has 11 atom stereocenters. The lowest BCUT2D eigenvalue weighted by molar-refractivity contribution is -0.396. The van der Waals surface area contributed by atoms with Crippen LogP contribution in [0.3, 0.4) is 0 Å². The lowest BCUT2D eigenvalue weighted by Crippen LogP contribution is -2.80. The third kappa shape index (κ3) is 3.93. The number of ether oxygens (including phenoxy) is 3. The Kier molecular flexibility index (Phi) is 7.74. The zero-order valence-corrected chi connectivity index (χ0v) is 15.5. The Bertz CT molecular complexity index is 606. The average Bonchev–Trinajstić information content (AvgIpc) is 2.72. The molecule has 0 aromatic heterocycles. The molecular formula is C15H27NO14. The largest absolute Gasteiger partial charge is 0.480 e. The van der Waals surface area contributed by atoms with Crippen LogP contribution >= 0.6 is 0 Å². The Balaban J connectivity index is 2.30. The fourth-order valence-corrected chi connectivity index (χ4v) is 3.35. The normalized spacial score (nSPS) is 46.9. The number of hydrogen-bond acceptors (Lipinski definition) is 14. The summed E-state index contributed by atoms with van der Waals surface area (Å²) >= 11 is 0. The molecule has 0 saturated carbocycles. The Morgan fingerprint density at radius 2 is 1.53 bits per heavy atom. The molecule has 0 aromatic rings. The molecule has 2 aliphatic rings. The summed E-state index contributed by atoms with van der Waals surface area (Å²) in [5, 5.41) is 98.3. The quantitative estimate of drug-likeness (QED) is 0.174. The van der Waals surface area contributed by atoms with Crippen molar-refractivity contribution in [3.8, 4) is 0 Å². The minimum Gasteiger partial charge on any atom is -0.480 e. The van der Waals surface area contributed by atoms with Gasteiger partial charge in [-0.25, -0.2) is 4.79 Å². The summed E-state index contributed by atoms with van der Waals surface area (Å²) in [7, 11) is 0. The first kappa shape index (κ1) is 25.2. The van der Waals surface area contributed by atoms with Crippen LogP contribution in [0.1, 0.15) is 0 Å². The minimum atomic E-state index is -3.28. The van der Waals surface area contributed by atoms with Crippen molar-refractivity contribution in [1.82, 2.24) is 0 Å². The molecule has 12 N–H and O–H groups in total.